The van der Waals surface area contributed by atoms with Gasteiger partial charge < -0.3 is 0 Å². The molecule has 0 saturated carbocycles. The maximum absolute atomic E-state index is 4.05. The van der Waals surface area contributed by atoms with Gasteiger partial charge in [0.1, 0.15) is 0 Å². The van der Waals surface area contributed by atoms with Gasteiger partial charge in [-0.25, -0.2) is 0 Å². The minimum atomic E-state index is 0.679. The van der Waals surface area contributed by atoms with E-state index < -0.39 is 0 Å². The second-order valence-electron chi connectivity index (χ2n) is 3.30. The third-order valence-corrected chi connectivity index (χ3v) is 2.43. The predicted molar refractivity (Wildman–Crippen MR) is 48.5 cm³/mol. The molecule has 0 heteroatoms. The van der Waals surface area contributed by atoms with Gasteiger partial charge in [0, 0.05) is 0 Å². The minimum Gasteiger partial charge on any atom is -0.0952 e. The Morgan fingerprint density at radius 3 is 2.82 bits per heavy atom. The Bertz CT molecular complexity index is 297. The van der Waals surface area contributed by atoms with Crippen LogP contribution in [-0.2, 0) is 0 Å². The molecule has 1 aromatic rings. The molecule has 0 nitrogen and oxygen atoms in total. The van der Waals surface area contributed by atoms with Crippen LogP contribution in [0.1, 0.15) is 30.4 Å². The van der Waals surface area contributed by atoms with Crippen molar-refractivity contribution in [2.24, 2.45) is 0 Å². The molecule has 0 aromatic heterocycles. The second kappa shape index (κ2) is 2.23. The molecule has 0 N–H and O–H groups in total. The van der Waals surface area contributed by atoms with Crippen LogP contribution in [0.3, 0.4) is 0 Å². The first-order valence-electron chi connectivity index (χ1n) is 4.06. The van der Waals surface area contributed by atoms with Crippen molar-refractivity contribution in [1.29, 1.82) is 0 Å². The van der Waals surface area contributed by atoms with Gasteiger partial charge in [-0.1, -0.05) is 37.8 Å². The molecule has 0 heterocycles. The van der Waals surface area contributed by atoms with Crippen molar-refractivity contribution in [2.75, 3.05) is 0 Å². The number of fused-ring (bicyclic) bond motifs is 1. The van der Waals surface area contributed by atoms with Crippen LogP contribution in [0, 0.1) is 0 Å². The van der Waals surface area contributed by atoms with Crippen LogP contribution in [0.4, 0.5) is 0 Å². The summed E-state index contributed by atoms with van der Waals surface area (Å²) in [5.74, 6) is 0.679. The fourth-order valence-corrected chi connectivity index (χ4v) is 1.84. The Hall–Kier alpha value is -1.04. The van der Waals surface area contributed by atoms with E-state index in [9.17, 15) is 0 Å². The standard InChI is InChI=1S/C11H12/c1-8-7-9(2)11-6-4-3-5-10(8)11/h3-6,9H,1,7H2,2H3. The fraction of sp³-hybridized carbons (Fsp3) is 0.273. The lowest BCUT2D eigenvalue weighted by Gasteiger charge is -2.00. The maximum Gasteiger partial charge on any atom is -0.0144 e. The average Bonchev–Trinajstić information content (AvgIpc) is 2.30. The van der Waals surface area contributed by atoms with Gasteiger partial charge in [0.15, 0.2) is 0 Å². The lowest BCUT2D eigenvalue weighted by Crippen LogP contribution is -1.83. The van der Waals surface area contributed by atoms with E-state index in [0.29, 0.717) is 5.92 Å². The molecule has 1 aromatic carbocycles. The third-order valence-electron chi connectivity index (χ3n) is 2.43. The molecule has 1 aliphatic carbocycles. The van der Waals surface area contributed by atoms with E-state index in [1.807, 2.05) is 0 Å². The largest absolute Gasteiger partial charge is 0.0952 e. The molecule has 0 radical (unpaired) electrons. The highest BCUT2D eigenvalue weighted by molar-refractivity contribution is 5.72. The summed E-state index contributed by atoms with van der Waals surface area (Å²) in [6.45, 7) is 6.31. The summed E-state index contributed by atoms with van der Waals surface area (Å²) in [6.07, 6.45) is 1.14. The topological polar surface area (TPSA) is 0 Å². The van der Waals surface area contributed by atoms with Gasteiger partial charge in [0.2, 0.25) is 0 Å². The van der Waals surface area contributed by atoms with Gasteiger partial charge in [-0.15, -0.1) is 0 Å². The van der Waals surface area contributed by atoms with Gasteiger partial charge in [-0.2, -0.15) is 0 Å². The molecule has 56 valence electrons. The summed E-state index contributed by atoms with van der Waals surface area (Å²) in [4.78, 5) is 0. The maximum atomic E-state index is 4.05. The van der Waals surface area contributed by atoms with Crippen molar-refractivity contribution in [1.82, 2.24) is 0 Å². The Balaban J connectivity index is 2.60. The van der Waals surface area contributed by atoms with Gasteiger partial charge in [0.25, 0.3) is 0 Å². The summed E-state index contributed by atoms with van der Waals surface area (Å²) >= 11 is 0. The van der Waals surface area contributed by atoms with Gasteiger partial charge in [-0.05, 0) is 29.0 Å². The third kappa shape index (κ3) is 0.900. The number of hydrogen-bond donors (Lipinski definition) is 0. The average molecular weight is 144 g/mol. The van der Waals surface area contributed by atoms with E-state index in [4.69, 9.17) is 0 Å². The van der Waals surface area contributed by atoms with Crippen LogP contribution in [0.2, 0.25) is 0 Å². The first kappa shape index (κ1) is 6.66. The fourth-order valence-electron chi connectivity index (χ4n) is 1.84. The lowest BCUT2D eigenvalue weighted by atomic mass is 10.0. The van der Waals surface area contributed by atoms with E-state index in [-0.39, 0.29) is 0 Å². The highest BCUT2D eigenvalue weighted by Gasteiger charge is 2.20. The first-order valence-corrected chi connectivity index (χ1v) is 4.06. The predicted octanol–water partition coefficient (Wildman–Crippen LogP) is 3.21. The van der Waals surface area contributed by atoms with E-state index in [0.717, 1.165) is 6.42 Å². The van der Waals surface area contributed by atoms with Crippen molar-refractivity contribution < 1.29 is 0 Å². The van der Waals surface area contributed by atoms with Crippen LogP contribution in [-0.4, -0.2) is 0 Å². The molecule has 11 heavy (non-hydrogen) atoms. The highest BCUT2D eigenvalue weighted by atomic mass is 14.2. The van der Waals surface area contributed by atoms with Crippen LogP contribution in [0.15, 0.2) is 30.8 Å². The molecule has 0 amide bonds. The van der Waals surface area contributed by atoms with E-state index in [1.165, 1.54) is 16.7 Å². The summed E-state index contributed by atoms with van der Waals surface area (Å²) in [5, 5.41) is 0. The van der Waals surface area contributed by atoms with Crippen LogP contribution >= 0.6 is 0 Å². The van der Waals surface area contributed by atoms with Gasteiger partial charge in [-0.3, -0.25) is 0 Å². The second-order valence-corrected chi connectivity index (χ2v) is 3.30. The van der Waals surface area contributed by atoms with E-state index >= 15 is 0 Å². The number of benzene rings is 1. The minimum absolute atomic E-state index is 0.679. The van der Waals surface area contributed by atoms with Crippen LogP contribution < -0.4 is 0 Å². The number of hydrogen-bond acceptors (Lipinski definition) is 0. The molecule has 1 aliphatic rings. The Morgan fingerprint density at radius 1 is 1.36 bits per heavy atom. The van der Waals surface area contributed by atoms with Crippen LogP contribution in [0.5, 0.6) is 0 Å². The highest BCUT2D eigenvalue weighted by Crippen LogP contribution is 2.39. The van der Waals surface area contributed by atoms with Gasteiger partial charge in [0.05, 0.1) is 0 Å². The monoisotopic (exact) mass is 144 g/mol. The molecule has 1 unspecified atom stereocenters. The summed E-state index contributed by atoms with van der Waals surface area (Å²) in [5.41, 5.74) is 4.14. The number of rotatable bonds is 0. The molecule has 0 spiro atoms. The lowest BCUT2D eigenvalue weighted by molar-refractivity contribution is 0.828. The van der Waals surface area contributed by atoms with Crippen molar-refractivity contribution >= 4 is 5.57 Å². The normalized spacial score (nSPS) is 21.9. The summed E-state index contributed by atoms with van der Waals surface area (Å²) in [7, 11) is 0. The smallest absolute Gasteiger partial charge is 0.0144 e. The molecular formula is C11H12. The van der Waals surface area contributed by atoms with Crippen LogP contribution in [0.25, 0.3) is 5.57 Å². The van der Waals surface area contributed by atoms with E-state index in [1.54, 1.807) is 0 Å². The zero-order valence-electron chi connectivity index (χ0n) is 6.80. The molecule has 0 bridgehead atoms. The number of allylic oxidation sites excluding steroid dienone is 1. The van der Waals surface area contributed by atoms with Crippen molar-refractivity contribution in [3.8, 4) is 0 Å². The molecule has 1 atom stereocenters. The Labute approximate surface area is 67.6 Å². The first-order chi connectivity index (χ1) is 5.29. The van der Waals surface area contributed by atoms with E-state index in [2.05, 4.69) is 37.8 Å². The molecule has 0 aliphatic heterocycles. The quantitative estimate of drug-likeness (QED) is 0.524. The van der Waals surface area contributed by atoms with Gasteiger partial charge >= 0.3 is 0 Å². The van der Waals surface area contributed by atoms with Crippen molar-refractivity contribution in [3.63, 3.8) is 0 Å². The zero-order valence-corrected chi connectivity index (χ0v) is 6.80. The molecule has 0 fully saturated rings. The Kier molecular flexibility index (Phi) is 1.35. The molecule has 0 saturated heterocycles. The van der Waals surface area contributed by atoms with Crippen molar-refractivity contribution in [3.05, 3.63) is 42.0 Å². The molecule has 2 rings (SSSR count). The Morgan fingerprint density at radius 2 is 2.09 bits per heavy atom. The summed E-state index contributed by atoms with van der Waals surface area (Å²) < 4.78 is 0. The zero-order chi connectivity index (χ0) is 7.84. The molecular weight excluding hydrogens is 132 g/mol. The SMILES string of the molecule is C=C1CC(C)c2ccccc21. The van der Waals surface area contributed by atoms with Crippen molar-refractivity contribution in [2.45, 2.75) is 19.3 Å². The summed E-state index contributed by atoms with van der Waals surface area (Å²) in [6, 6.07) is 8.56.